The van der Waals surface area contributed by atoms with E-state index in [-0.39, 0.29) is 10.7 Å². The van der Waals surface area contributed by atoms with Crippen LogP contribution in [0.5, 0.6) is 0 Å². The Labute approximate surface area is 113 Å². The smallest absolute Gasteiger partial charge is 0.245 e. The Morgan fingerprint density at radius 3 is 2.63 bits per heavy atom. The Hall–Kier alpha value is -1.12. The van der Waals surface area contributed by atoms with Crippen molar-refractivity contribution in [2.75, 3.05) is 31.9 Å². The zero-order valence-corrected chi connectivity index (χ0v) is 12.0. The van der Waals surface area contributed by atoms with Gasteiger partial charge in [0.05, 0.1) is 0 Å². The van der Waals surface area contributed by atoms with Crippen molar-refractivity contribution in [3.8, 4) is 0 Å². The molecule has 3 N–H and O–H groups in total. The number of sulfonamides is 1. The Kier molecular flexibility index (Phi) is 4.43. The van der Waals surface area contributed by atoms with Crippen LogP contribution >= 0.6 is 0 Å². The van der Waals surface area contributed by atoms with Crippen molar-refractivity contribution in [1.29, 1.82) is 0 Å². The summed E-state index contributed by atoms with van der Waals surface area (Å²) in [6, 6.07) is 0. The molecule has 0 unspecified atom stereocenters. The highest BCUT2D eigenvalue weighted by molar-refractivity contribution is 7.89. The third kappa shape index (κ3) is 3.68. The van der Waals surface area contributed by atoms with Crippen molar-refractivity contribution < 1.29 is 8.42 Å². The number of hydrogen-bond donors (Lipinski definition) is 2. The van der Waals surface area contributed by atoms with Gasteiger partial charge in [-0.25, -0.2) is 13.1 Å². The van der Waals surface area contributed by atoms with Gasteiger partial charge in [-0.1, -0.05) is 6.42 Å². The second-order valence-electron chi connectivity index (χ2n) is 4.85. The van der Waals surface area contributed by atoms with Gasteiger partial charge in [-0.05, 0) is 25.9 Å². The molecule has 2 heterocycles. The van der Waals surface area contributed by atoms with Gasteiger partial charge in [-0.3, -0.25) is 4.68 Å². The fourth-order valence-electron chi connectivity index (χ4n) is 2.29. The summed E-state index contributed by atoms with van der Waals surface area (Å²) in [5.41, 5.74) is 5.58. The number of anilines is 1. The van der Waals surface area contributed by atoms with E-state index in [2.05, 4.69) is 14.7 Å². The Bertz CT molecular complexity index is 519. The molecule has 1 aliphatic heterocycles. The van der Waals surface area contributed by atoms with Gasteiger partial charge in [0.15, 0.2) is 5.82 Å². The van der Waals surface area contributed by atoms with Crippen LogP contribution in [0.2, 0.25) is 0 Å². The summed E-state index contributed by atoms with van der Waals surface area (Å²) in [5.74, 6) is 0.0352. The molecule has 0 aromatic carbocycles. The number of nitrogens with one attached hydrogen (secondary N) is 1. The highest BCUT2D eigenvalue weighted by atomic mass is 32.2. The van der Waals surface area contributed by atoms with Gasteiger partial charge in [0.1, 0.15) is 4.90 Å². The van der Waals surface area contributed by atoms with Gasteiger partial charge in [0, 0.05) is 26.3 Å². The van der Waals surface area contributed by atoms with Crippen molar-refractivity contribution in [2.24, 2.45) is 7.05 Å². The molecule has 0 spiro atoms. The van der Waals surface area contributed by atoms with Crippen molar-refractivity contribution in [3.05, 3.63) is 6.20 Å². The number of nitrogens with two attached hydrogens (primary N) is 1. The number of aromatic nitrogens is 2. The van der Waals surface area contributed by atoms with E-state index in [0.717, 1.165) is 19.6 Å². The number of hydrogen-bond acceptors (Lipinski definition) is 5. The van der Waals surface area contributed by atoms with E-state index in [1.54, 1.807) is 7.05 Å². The summed E-state index contributed by atoms with van der Waals surface area (Å²) in [6.45, 7) is 3.24. The minimum Gasteiger partial charge on any atom is -0.381 e. The third-order valence-corrected chi connectivity index (χ3v) is 4.76. The maximum atomic E-state index is 12.0. The average Bonchev–Trinajstić information content (AvgIpc) is 2.70. The van der Waals surface area contributed by atoms with Crippen molar-refractivity contribution in [3.63, 3.8) is 0 Å². The van der Waals surface area contributed by atoms with E-state index >= 15 is 0 Å². The number of rotatable bonds is 5. The molecule has 7 nitrogen and oxygen atoms in total. The fraction of sp³-hybridized carbons (Fsp3) is 0.727. The summed E-state index contributed by atoms with van der Waals surface area (Å²) in [7, 11) is -1.91. The standard InChI is InChI=1S/C11H21N5O2S/c1-15-9-10(11(12)14-15)19(17,18)13-5-8-16-6-3-2-4-7-16/h9,13H,2-8H2,1H3,(H2,12,14). The highest BCUT2D eigenvalue weighted by Crippen LogP contribution is 2.15. The average molecular weight is 287 g/mol. The predicted molar refractivity (Wildman–Crippen MR) is 73.1 cm³/mol. The lowest BCUT2D eigenvalue weighted by Crippen LogP contribution is -2.37. The molecule has 8 heteroatoms. The topological polar surface area (TPSA) is 93.2 Å². The Morgan fingerprint density at radius 1 is 1.37 bits per heavy atom. The van der Waals surface area contributed by atoms with Crippen LogP contribution in [-0.4, -0.2) is 49.3 Å². The van der Waals surface area contributed by atoms with E-state index in [1.165, 1.54) is 30.1 Å². The van der Waals surface area contributed by atoms with Gasteiger partial charge in [0.25, 0.3) is 0 Å². The van der Waals surface area contributed by atoms with E-state index in [1.807, 2.05) is 0 Å². The van der Waals surface area contributed by atoms with Crippen LogP contribution in [0.25, 0.3) is 0 Å². The van der Waals surface area contributed by atoms with Gasteiger partial charge >= 0.3 is 0 Å². The summed E-state index contributed by atoms with van der Waals surface area (Å²) < 4.78 is 28.1. The molecule has 0 bridgehead atoms. The molecule has 0 radical (unpaired) electrons. The van der Waals surface area contributed by atoms with Crippen LogP contribution in [0, 0.1) is 0 Å². The van der Waals surface area contributed by atoms with E-state index in [9.17, 15) is 8.42 Å². The first kappa shape index (κ1) is 14.3. The number of aryl methyl sites for hydroxylation is 1. The van der Waals surface area contributed by atoms with Crippen LogP contribution in [-0.2, 0) is 17.1 Å². The molecule has 1 saturated heterocycles. The Balaban J connectivity index is 1.89. The Morgan fingerprint density at radius 2 is 2.05 bits per heavy atom. The van der Waals surface area contributed by atoms with Gasteiger partial charge in [-0.15, -0.1) is 0 Å². The first-order valence-electron chi connectivity index (χ1n) is 6.50. The number of likely N-dealkylation sites (tertiary alicyclic amines) is 1. The second kappa shape index (κ2) is 5.89. The SMILES string of the molecule is Cn1cc(S(=O)(=O)NCCN2CCCCC2)c(N)n1. The molecular weight excluding hydrogens is 266 g/mol. The molecule has 0 atom stereocenters. The van der Waals surface area contributed by atoms with Crippen LogP contribution in [0.15, 0.2) is 11.1 Å². The summed E-state index contributed by atoms with van der Waals surface area (Å²) >= 11 is 0. The van der Waals surface area contributed by atoms with E-state index in [4.69, 9.17) is 5.73 Å². The second-order valence-corrected chi connectivity index (χ2v) is 6.59. The van der Waals surface area contributed by atoms with Crippen LogP contribution in [0.4, 0.5) is 5.82 Å². The lowest BCUT2D eigenvalue weighted by Gasteiger charge is -2.26. The molecule has 19 heavy (non-hydrogen) atoms. The molecule has 1 aliphatic rings. The molecule has 2 rings (SSSR count). The van der Waals surface area contributed by atoms with Gasteiger partial charge in [-0.2, -0.15) is 5.10 Å². The molecule has 0 saturated carbocycles. The molecule has 1 fully saturated rings. The summed E-state index contributed by atoms with van der Waals surface area (Å²) in [5, 5.41) is 3.84. The van der Waals surface area contributed by atoms with Gasteiger partial charge in [0.2, 0.25) is 10.0 Å². The lowest BCUT2D eigenvalue weighted by molar-refractivity contribution is 0.233. The lowest BCUT2D eigenvalue weighted by atomic mass is 10.1. The minimum atomic E-state index is -3.56. The van der Waals surface area contributed by atoms with Crippen molar-refractivity contribution in [2.45, 2.75) is 24.2 Å². The van der Waals surface area contributed by atoms with Crippen LogP contribution in [0.3, 0.4) is 0 Å². The number of piperidine rings is 1. The summed E-state index contributed by atoms with van der Waals surface area (Å²) in [6.07, 6.45) is 5.08. The molecule has 108 valence electrons. The van der Waals surface area contributed by atoms with Crippen LogP contribution < -0.4 is 10.5 Å². The zero-order chi connectivity index (χ0) is 13.9. The molecule has 1 aromatic heterocycles. The van der Waals surface area contributed by atoms with Crippen molar-refractivity contribution in [1.82, 2.24) is 19.4 Å². The first-order chi connectivity index (χ1) is 8.99. The normalized spacial score (nSPS) is 17.7. The van der Waals surface area contributed by atoms with E-state index in [0.29, 0.717) is 6.54 Å². The first-order valence-corrected chi connectivity index (χ1v) is 7.98. The largest absolute Gasteiger partial charge is 0.381 e. The number of nitrogens with zero attached hydrogens (tertiary/aromatic N) is 3. The van der Waals surface area contributed by atoms with Crippen LogP contribution in [0.1, 0.15) is 19.3 Å². The quantitative estimate of drug-likeness (QED) is 0.780. The molecular formula is C11H21N5O2S. The number of nitrogen functional groups attached to an aromatic ring is 1. The molecule has 0 amide bonds. The predicted octanol–water partition coefficient (Wildman–Crippen LogP) is -0.233. The maximum Gasteiger partial charge on any atom is 0.245 e. The van der Waals surface area contributed by atoms with Crippen molar-refractivity contribution >= 4 is 15.8 Å². The zero-order valence-electron chi connectivity index (χ0n) is 11.2. The molecule has 1 aromatic rings. The highest BCUT2D eigenvalue weighted by Gasteiger charge is 2.20. The minimum absolute atomic E-state index is 0.0352. The monoisotopic (exact) mass is 287 g/mol. The maximum absolute atomic E-state index is 12.0. The van der Waals surface area contributed by atoms with E-state index < -0.39 is 10.0 Å². The van der Waals surface area contributed by atoms with Gasteiger partial charge < -0.3 is 10.6 Å². The fourth-order valence-corrected chi connectivity index (χ4v) is 3.41. The third-order valence-electron chi connectivity index (χ3n) is 3.28. The molecule has 0 aliphatic carbocycles. The summed E-state index contributed by atoms with van der Waals surface area (Å²) in [4.78, 5) is 2.33.